The summed E-state index contributed by atoms with van der Waals surface area (Å²) in [6.07, 6.45) is 0. The molecule has 0 aliphatic rings. The molecule has 108 valence electrons. The van der Waals surface area contributed by atoms with Crippen LogP contribution in [0.5, 0.6) is 0 Å². The summed E-state index contributed by atoms with van der Waals surface area (Å²) in [5, 5.41) is 9.44. The van der Waals surface area contributed by atoms with E-state index in [1.807, 2.05) is 11.7 Å². The number of para-hydroxylation sites is 1. The third kappa shape index (κ3) is 2.69. The van der Waals surface area contributed by atoms with Crippen LogP contribution in [0.25, 0.3) is 10.9 Å². The number of hydrogen-bond donors (Lipinski definition) is 1. The highest BCUT2D eigenvalue weighted by Gasteiger charge is 2.11. The Morgan fingerprint density at radius 2 is 1.81 bits per heavy atom. The van der Waals surface area contributed by atoms with Crippen LogP contribution in [0, 0.1) is 6.92 Å². The highest BCUT2D eigenvalue weighted by atomic mass is 15.3. The summed E-state index contributed by atoms with van der Waals surface area (Å²) in [4.78, 5) is 0. The lowest BCUT2D eigenvalue weighted by Gasteiger charge is -2.15. The Morgan fingerprint density at radius 3 is 2.62 bits per heavy atom. The van der Waals surface area contributed by atoms with Gasteiger partial charge in [-0.25, -0.2) is 0 Å². The van der Waals surface area contributed by atoms with Gasteiger partial charge in [-0.2, -0.15) is 5.10 Å². The van der Waals surface area contributed by atoms with Crippen molar-refractivity contribution < 1.29 is 0 Å². The highest BCUT2D eigenvalue weighted by Crippen LogP contribution is 2.20. The summed E-state index contributed by atoms with van der Waals surface area (Å²) >= 11 is 0. The predicted molar refractivity (Wildman–Crippen MR) is 87.1 cm³/mol. The lowest BCUT2D eigenvalue weighted by Crippen LogP contribution is -2.19. The predicted octanol–water partition coefficient (Wildman–Crippen LogP) is 3.73. The number of aromatic nitrogens is 2. The highest BCUT2D eigenvalue weighted by molar-refractivity contribution is 5.81. The van der Waals surface area contributed by atoms with Gasteiger partial charge in [-0.15, -0.1) is 0 Å². The van der Waals surface area contributed by atoms with E-state index in [9.17, 15) is 0 Å². The first-order chi connectivity index (χ1) is 10.2. The van der Waals surface area contributed by atoms with Crippen LogP contribution in [0.1, 0.15) is 29.8 Å². The fourth-order valence-electron chi connectivity index (χ4n) is 2.85. The van der Waals surface area contributed by atoms with E-state index in [4.69, 9.17) is 0 Å². The van der Waals surface area contributed by atoms with Gasteiger partial charge in [0.2, 0.25) is 0 Å². The van der Waals surface area contributed by atoms with Crippen molar-refractivity contribution in [3.8, 4) is 0 Å². The minimum Gasteiger partial charge on any atom is -0.304 e. The Hall–Kier alpha value is -2.13. The number of hydrogen-bond acceptors (Lipinski definition) is 2. The van der Waals surface area contributed by atoms with Crippen LogP contribution in [0.2, 0.25) is 0 Å². The molecule has 1 unspecified atom stereocenters. The van der Waals surface area contributed by atoms with Crippen LogP contribution < -0.4 is 5.32 Å². The SMILES string of the molecule is Cc1ccccc1C(C)NCc1nn(C)c2ccccc12. The fraction of sp³-hybridized carbons (Fsp3) is 0.278. The van der Waals surface area contributed by atoms with Gasteiger partial charge < -0.3 is 5.32 Å². The molecule has 3 heteroatoms. The monoisotopic (exact) mass is 279 g/mol. The average Bonchev–Trinajstić information content (AvgIpc) is 2.82. The fourth-order valence-corrected chi connectivity index (χ4v) is 2.85. The molecule has 0 aliphatic carbocycles. The Morgan fingerprint density at radius 1 is 1.10 bits per heavy atom. The molecule has 0 amide bonds. The molecule has 0 spiro atoms. The van der Waals surface area contributed by atoms with Gasteiger partial charge in [0.25, 0.3) is 0 Å². The molecule has 0 radical (unpaired) electrons. The molecule has 3 rings (SSSR count). The number of benzene rings is 2. The van der Waals surface area contributed by atoms with E-state index in [2.05, 4.69) is 72.8 Å². The van der Waals surface area contributed by atoms with Gasteiger partial charge >= 0.3 is 0 Å². The second-order valence-electron chi connectivity index (χ2n) is 5.55. The van der Waals surface area contributed by atoms with E-state index >= 15 is 0 Å². The molecule has 0 fully saturated rings. The summed E-state index contributed by atoms with van der Waals surface area (Å²) < 4.78 is 1.95. The molecule has 0 saturated carbocycles. The Labute approximate surface area is 125 Å². The maximum atomic E-state index is 4.63. The van der Waals surface area contributed by atoms with Gasteiger partial charge in [-0.3, -0.25) is 4.68 Å². The van der Waals surface area contributed by atoms with E-state index < -0.39 is 0 Å². The second kappa shape index (κ2) is 5.70. The van der Waals surface area contributed by atoms with Gasteiger partial charge in [-0.1, -0.05) is 42.5 Å². The van der Waals surface area contributed by atoms with Crippen molar-refractivity contribution in [2.45, 2.75) is 26.4 Å². The molecule has 1 atom stereocenters. The van der Waals surface area contributed by atoms with Crippen LogP contribution >= 0.6 is 0 Å². The number of nitrogens with one attached hydrogen (secondary N) is 1. The van der Waals surface area contributed by atoms with Crippen molar-refractivity contribution in [3.05, 3.63) is 65.4 Å². The van der Waals surface area contributed by atoms with E-state index in [1.165, 1.54) is 22.0 Å². The van der Waals surface area contributed by atoms with Crippen molar-refractivity contribution >= 4 is 10.9 Å². The van der Waals surface area contributed by atoms with Gasteiger partial charge in [-0.05, 0) is 31.0 Å². The smallest absolute Gasteiger partial charge is 0.0841 e. The number of nitrogens with zero attached hydrogens (tertiary/aromatic N) is 2. The van der Waals surface area contributed by atoms with Crippen LogP contribution in [0.4, 0.5) is 0 Å². The molecular weight excluding hydrogens is 258 g/mol. The van der Waals surface area contributed by atoms with Gasteiger partial charge in [0, 0.05) is 25.0 Å². The average molecular weight is 279 g/mol. The lowest BCUT2D eigenvalue weighted by molar-refractivity contribution is 0.561. The molecule has 1 aromatic heterocycles. The Bertz CT molecular complexity index is 758. The molecule has 21 heavy (non-hydrogen) atoms. The maximum absolute atomic E-state index is 4.63. The first-order valence-electron chi connectivity index (χ1n) is 7.36. The zero-order valence-corrected chi connectivity index (χ0v) is 12.8. The van der Waals surface area contributed by atoms with Crippen molar-refractivity contribution in [3.63, 3.8) is 0 Å². The van der Waals surface area contributed by atoms with E-state index in [-0.39, 0.29) is 0 Å². The van der Waals surface area contributed by atoms with Crippen molar-refractivity contribution in [1.29, 1.82) is 0 Å². The number of aryl methyl sites for hydroxylation is 2. The van der Waals surface area contributed by atoms with Gasteiger partial charge in [0.1, 0.15) is 0 Å². The first kappa shape index (κ1) is 13.8. The third-order valence-electron chi connectivity index (χ3n) is 4.06. The molecule has 1 heterocycles. The summed E-state index contributed by atoms with van der Waals surface area (Å²) in [6, 6.07) is 17.2. The maximum Gasteiger partial charge on any atom is 0.0841 e. The van der Waals surface area contributed by atoms with Crippen molar-refractivity contribution in [1.82, 2.24) is 15.1 Å². The Kier molecular flexibility index (Phi) is 3.76. The zero-order valence-electron chi connectivity index (χ0n) is 12.8. The van der Waals surface area contributed by atoms with E-state index in [0.717, 1.165) is 12.2 Å². The normalized spacial score (nSPS) is 12.7. The quantitative estimate of drug-likeness (QED) is 0.788. The molecule has 2 aromatic carbocycles. The minimum atomic E-state index is 0.312. The molecule has 3 nitrogen and oxygen atoms in total. The van der Waals surface area contributed by atoms with Crippen LogP contribution in [-0.2, 0) is 13.6 Å². The van der Waals surface area contributed by atoms with Crippen molar-refractivity contribution in [2.24, 2.45) is 7.05 Å². The first-order valence-corrected chi connectivity index (χ1v) is 7.36. The number of fused-ring (bicyclic) bond motifs is 1. The van der Waals surface area contributed by atoms with Gasteiger partial charge in [0.15, 0.2) is 0 Å². The molecular formula is C18H21N3. The minimum absolute atomic E-state index is 0.312. The van der Waals surface area contributed by atoms with Crippen LogP contribution in [0.3, 0.4) is 0 Å². The van der Waals surface area contributed by atoms with Gasteiger partial charge in [0.05, 0.1) is 11.2 Å². The lowest BCUT2D eigenvalue weighted by atomic mass is 10.0. The summed E-state index contributed by atoms with van der Waals surface area (Å²) in [6.45, 7) is 5.13. The van der Waals surface area contributed by atoms with Crippen LogP contribution in [0.15, 0.2) is 48.5 Å². The van der Waals surface area contributed by atoms with E-state index in [1.54, 1.807) is 0 Å². The van der Waals surface area contributed by atoms with Crippen molar-refractivity contribution in [2.75, 3.05) is 0 Å². The second-order valence-corrected chi connectivity index (χ2v) is 5.55. The molecule has 1 N–H and O–H groups in total. The van der Waals surface area contributed by atoms with E-state index in [0.29, 0.717) is 6.04 Å². The largest absolute Gasteiger partial charge is 0.304 e. The summed E-state index contributed by atoms with van der Waals surface area (Å²) in [5.41, 5.74) is 4.95. The third-order valence-corrected chi connectivity index (χ3v) is 4.06. The summed E-state index contributed by atoms with van der Waals surface area (Å²) in [7, 11) is 2.00. The zero-order chi connectivity index (χ0) is 14.8. The molecule has 3 aromatic rings. The topological polar surface area (TPSA) is 29.9 Å². The van der Waals surface area contributed by atoms with Crippen LogP contribution in [-0.4, -0.2) is 9.78 Å². The Balaban J connectivity index is 1.79. The molecule has 0 bridgehead atoms. The number of rotatable bonds is 4. The standard InChI is InChI=1S/C18H21N3/c1-13-8-4-5-9-15(13)14(2)19-12-17-16-10-6-7-11-18(16)21(3)20-17/h4-11,14,19H,12H2,1-3H3. The molecule has 0 saturated heterocycles. The molecule has 0 aliphatic heterocycles. The summed E-state index contributed by atoms with van der Waals surface area (Å²) in [5.74, 6) is 0.